The fourth-order valence-electron chi connectivity index (χ4n) is 15.5. The number of esters is 4. The highest BCUT2D eigenvalue weighted by atomic mass is 16.6. The summed E-state index contributed by atoms with van der Waals surface area (Å²) in [4.78, 5) is 184. The molecule has 2 heterocycles. The number of amides is 7. The number of ketones is 2. The summed E-state index contributed by atoms with van der Waals surface area (Å²) in [6, 6.07) is 47.9. The lowest BCUT2D eigenvalue weighted by Gasteiger charge is -2.36. The number of hydrogen-bond acceptors (Lipinski definition) is 31. The monoisotopic (exact) mass is 2050 g/mol. The minimum atomic E-state index is -1.17. The number of nitrogens with one attached hydrogen (secondary N) is 7. The number of alkyl carbamates (subject to hydrolysis) is 5. The molecule has 147 heavy (non-hydrogen) atoms. The van der Waals surface area contributed by atoms with E-state index < -0.39 is 156 Å². The Morgan fingerprint density at radius 2 is 0.748 bits per heavy atom. The fraction of sp³-hybridized carbons (Fsp3) is 0.514. The number of rotatable bonds is 58. The molecule has 0 radical (unpaired) electrons. The summed E-state index contributed by atoms with van der Waals surface area (Å²) in [5, 5.41) is 16.4. The summed E-state index contributed by atoms with van der Waals surface area (Å²) < 4.78 is 70.3. The molecule has 0 aliphatic rings. The molecule has 0 saturated carbocycles. The molecule has 0 bridgehead atoms. The highest BCUT2D eigenvalue weighted by molar-refractivity contribution is 5.90. The number of methoxy groups -OCH3 is 4. The number of ether oxygens (including phenoxy) is 13. The summed E-state index contributed by atoms with van der Waals surface area (Å²) in [6.45, 7) is 25.4. The van der Waals surface area contributed by atoms with Crippen LogP contribution in [0, 0.1) is 45.8 Å². The van der Waals surface area contributed by atoms with E-state index in [9.17, 15) is 62.3 Å². The molecular formula is C109H152N12O26. The number of carbonyl (C=O) groups is 13. The number of nitrogens with zero attached hydrogens (tertiary/aromatic N) is 4. The van der Waals surface area contributed by atoms with Crippen LogP contribution in [0.3, 0.4) is 0 Å². The first-order valence-electron chi connectivity index (χ1n) is 49.3. The van der Waals surface area contributed by atoms with Crippen LogP contribution < -0.4 is 43.2 Å². The standard InChI is InChI=1S/C59H80N6O14.C50H72N6O12/c1-40(2)33-47(61-56(71)78-38-43-21-15-12-16-22-43)54(69)76-32-30-75-39-50(67)79-49(45(34-41-19-13-11-14-20-41)35-48(66)51(58(3,4)5)62-57(72)77-31-29-73-9)37-65(64-53(68)52(59(6,7)8)63-55(70)74-10)36-42-24-26-44(27-25-42)46-23-17-18-28-60-46;1-33(2)27-39(51)47(60)66-26-24-65-32-43(58)68-42(38(28-35-15-11-10-12-16-35)29-41(57)45(50(5,6)7)54-49(62)67-25-23-63-8)31-56(55-46(59)44(34(3)4)53-48(61)64-9)30-36-18-20-37(21-19-36)40-17-13-14-22-52-40/h11-28,40,45,47,49,51-52H,29-39H2,1-10H3,(H,61,71)(H,62,72)(H,63,70)(H,64,68);10-22,33-34,38-39,42,44-45H,23-32,51H2,1-9H3,(H,53,61)(H,54,62)(H,55,59). The molecule has 0 aliphatic carbocycles. The highest BCUT2D eigenvalue weighted by Gasteiger charge is 2.42. The maximum atomic E-state index is 14.8. The van der Waals surface area contributed by atoms with Crippen molar-refractivity contribution in [2.24, 2.45) is 51.6 Å². The second-order valence-corrected chi connectivity index (χ2v) is 39.8. The Hall–Kier alpha value is -13.4. The third-order valence-electron chi connectivity index (χ3n) is 23.0. The number of Topliss-reactive ketones (excluding diaryl/α,β-unsaturated/α-hetero) is 2. The lowest BCUT2D eigenvalue weighted by molar-refractivity contribution is -0.162. The summed E-state index contributed by atoms with van der Waals surface area (Å²) in [7, 11) is 5.33. The zero-order valence-corrected chi connectivity index (χ0v) is 88.2. The lowest BCUT2D eigenvalue weighted by atomic mass is 9.79. The van der Waals surface area contributed by atoms with E-state index in [4.69, 9.17) is 67.3 Å². The van der Waals surface area contributed by atoms with Crippen molar-refractivity contribution in [2.45, 2.75) is 211 Å². The largest absolute Gasteiger partial charge is 0.462 e. The van der Waals surface area contributed by atoms with Crippen LogP contribution in [0.1, 0.15) is 157 Å². The molecule has 0 fully saturated rings. The molecule has 804 valence electrons. The van der Waals surface area contributed by atoms with Crippen LogP contribution in [-0.4, -0.2) is 254 Å². The topological polar surface area (TPSA) is 484 Å². The second-order valence-electron chi connectivity index (χ2n) is 39.8. The van der Waals surface area contributed by atoms with Crippen LogP contribution in [0.4, 0.5) is 24.0 Å². The van der Waals surface area contributed by atoms with Gasteiger partial charge in [-0.2, -0.15) is 0 Å². The number of nitrogens with two attached hydrogens (primary N) is 1. The Kier molecular flexibility index (Phi) is 53.2. The third-order valence-corrected chi connectivity index (χ3v) is 23.0. The molecular weight excluding hydrogens is 1890 g/mol. The minimum Gasteiger partial charge on any atom is -0.462 e. The van der Waals surface area contributed by atoms with E-state index in [2.05, 4.69) is 47.4 Å². The van der Waals surface area contributed by atoms with Crippen molar-refractivity contribution in [1.82, 2.24) is 57.4 Å². The smallest absolute Gasteiger partial charge is 0.408 e. The first-order chi connectivity index (χ1) is 69.9. The zero-order chi connectivity index (χ0) is 108. The maximum absolute atomic E-state index is 14.8. The number of benzene rings is 5. The number of hydrogen-bond donors (Lipinski definition) is 8. The van der Waals surface area contributed by atoms with Crippen molar-refractivity contribution in [2.75, 3.05) is 108 Å². The van der Waals surface area contributed by atoms with Crippen LogP contribution >= 0.6 is 0 Å². The Balaban J connectivity index is 0.000000454. The molecule has 0 aliphatic heterocycles. The summed E-state index contributed by atoms with van der Waals surface area (Å²) >= 11 is 0. The minimum absolute atomic E-state index is 0.00332. The third kappa shape index (κ3) is 46.9. The molecule has 0 saturated heterocycles. The molecule has 2 aromatic heterocycles. The van der Waals surface area contributed by atoms with Crippen LogP contribution in [0.15, 0.2) is 188 Å². The van der Waals surface area contributed by atoms with Crippen molar-refractivity contribution in [3.63, 3.8) is 0 Å². The molecule has 7 amide bonds. The Bertz CT molecular complexity index is 5170. The van der Waals surface area contributed by atoms with E-state index in [1.165, 1.54) is 28.4 Å². The van der Waals surface area contributed by atoms with E-state index in [1.54, 1.807) is 89.9 Å². The summed E-state index contributed by atoms with van der Waals surface area (Å²) in [5.41, 5.74) is 16.5. The van der Waals surface area contributed by atoms with Crippen molar-refractivity contribution < 1.29 is 124 Å². The molecule has 10 unspecified atom stereocenters. The van der Waals surface area contributed by atoms with Gasteiger partial charge in [0.15, 0.2) is 11.6 Å². The summed E-state index contributed by atoms with van der Waals surface area (Å²) in [5.74, 6) is -6.64. The van der Waals surface area contributed by atoms with Gasteiger partial charge >= 0.3 is 54.3 Å². The predicted octanol–water partition coefficient (Wildman–Crippen LogP) is 13.2. The SMILES string of the molecule is COCCOC(=O)NC(C(=O)CC(Cc1ccccc1)C(CN(Cc1ccc(-c2ccccn2)cc1)NC(=O)C(NC(=O)OC)C(C)(C)C)OC(=O)COCCOC(=O)C(CC(C)C)NC(=O)OCc1ccccc1)C(C)(C)C.COCCOC(=O)NC(C(=O)CC(Cc1ccccc1)C(CN(Cc1ccc(-c2ccccn2)cc1)NC(=O)C(NC(=O)OC)C(C)C)OC(=O)COCCOC(=O)C(N)CC(C)C)C(C)(C)C. The van der Waals surface area contributed by atoms with Gasteiger partial charge in [-0.25, -0.2) is 48.4 Å². The van der Waals surface area contributed by atoms with Crippen LogP contribution in [0.25, 0.3) is 22.5 Å². The Morgan fingerprint density at radius 3 is 1.13 bits per heavy atom. The van der Waals surface area contributed by atoms with Crippen molar-refractivity contribution in [3.8, 4) is 22.5 Å². The normalized spacial score (nSPS) is 13.6. The molecule has 7 rings (SSSR count). The maximum Gasteiger partial charge on any atom is 0.408 e. The van der Waals surface area contributed by atoms with Crippen molar-refractivity contribution in [3.05, 3.63) is 216 Å². The van der Waals surface area contributed by atoms with Crippen LogP contribution in [0.5, 0.6) is 0 Å². The first kappa shape index (κ1) is 122. The van der Waals surface area contributed by atoms with Gasteiger partial charge in [-0.05, 0) is 112 Å². The molecule has 5 aromatic carbocycles. The fourth-order valence-corrected chi connectivity index (χ4v) is 15.5. The Labute approximate surface area is 863 Å². The molecule has 0 spiro atoms. The van der Waals surface area contributed by atoms with Crippen molar-refractivity contribution in [1.29, 1.82) is 0 Å². The van der Waals surface area contributed by atoms with Crippen LogP contribution in [-0.2, 0) is 132 Å². The van der Waals surface area contributed by atoms with Gasteiger partial charge < -0.3 is 93.9 Å². The quantitative estimate of drug-likeness (QED) is 0.00759. The van der Waals surface area contributed by atoms with E-state index in [0.717, 1.165) is 50.3 Å². The number of hydrazine groups is 2. The lowest BCUT2D eigenvalue weighted by Crippen LogP contribution is -2.58. The number of carbonyl (C=O) groups excluding carboxylic acids is 13. The van der Waals surface area contributed by atoms with Gasteiger partial charge in [-0.15, -0.1) is 0 Å². The van der Waals surface area contributed by atoms with Gasteiger partial charge in [0, 0.05) is 75.5 Å². The Morgan fingerprint density at radius 1 is 0.374 bits per heavy atom. The average molecular weight is 2050 g/mol. The van der Waals surface area contributed by atoms with Gasteiger partial charge in [0.1, 0.15) is 82.6 Å². The molecule has 38 heteroatoms. The van der Waals surface area contributed by atoms with Gasteiger partial charge in [0.2, 0.25) is 0 Å². The van der Waals surface area contributed by atoms with Gasteiger partial charge in [-0.3, -0.25) is 44.8 Å². The van der Waals surface area contributed by atoms with E-state index in [-0.39, 0.29) is 147 Å². The number of aromatic nitrogens is 2. The zero-order valence-electron chi connectivity index (χ0n) is 88.2. The summed E-state index contributed by atoms with van der Waals surface area (Å²) in [6.07, 6.45) is -2.24. The van der Waals surface area contributed by atoms with Crippen molar-refractivity contribution >= 4 is 77.7 Å². The van der Waals surface area contributed by atoms with E-state index in [1.807, 2.05) is 212 Å². The van der Waals surface area contributed by atoms with Crippen LogP contribution in [0.2, 0.25) is 0 Å². The van der Waals surface area contributed by atoms with E-state index >= 15 is 0 Å². The molecule has 9 N–H and O–H groups in total. The molecule has 38 nitrogen and oxygen atoms in total. The second kappa shape index (κ2) is 63.9. The first-order valence-corrected chi connectivity index (χ1v) is 49.3. The van der Waals surface area contributed by atoms with Gasteiger partial charge in [0.25, 0.3) is 11.8 Å². The average Bonchev–Trinajstić information content (AvgIpc) is 0.824. The highest BCUT2D eigenvalue weighted by Crippen LogP contribution is 2.32. The predicted molar refractivity (Wildman–Crippen MR) is 549 cm³/mol. The van der Waals surface area contributed by atoms with Gasteiger partial charge in [0.05, 0.1) is 77.2 Å². The molecule has 7 aromatic rings. The molecule has 10 atom stereocenters. The number of pyridine rings is 2. The van der Waals surface area contributed by atoms with Gasteiger partial charge in [-0.1, -0.05) is 256 Å². The van der Waals surface area contributed by atoms with E-state index in [0.29, 0.717) is 6.42 Å².